The Hall–Kier alpha value is -2.50. The molecule has 0 aliphatic carbocycles. The van der Waals surface area contributed by atoms with Crippen molar-refractivity contribution in [1.82, 2.24) is 4.98 Å². The maximum Gasteiger partial charge on any atom is 0.232 e. The molecule has 2 rings (SSSR count). The molecule has 2 aromatic rings. The summed E-state index contributed by atoms with van der Waals surface area (Å²) in [6.45, 7) is 8.80. The molecule has 19 heavy (non-hydrogen) atoms. The Morgan fingerprint density at radius 2 is 2.05 bits per heavy atom. The summed E-state index contributed by atoms with van der Waals surface area (Å²) in [4.78, 5) is 8.48. The Morgan fingerprint density at radius 3 is 2.63 bits per heavy atom. The van der Waals surface area contributed by atoms with Crippen molar-refractivity contribution in [2.45, 2.75) is 16.8 Å². The van der Waals surface area contributed by atoms with Crippen LogP contribution in [-0.4, -0.2) is 4.98 Å². The van der Waals surface area contributed by atoms with Gasteiger partial charge in [0.25, 0.3) is 0 Å². The summed E-state index contributed by atoms with van der Waals surface area (Å²) in [5.74, 6) is 0.171. The topological polar surface area (TPSA) is 67.1 Å². The number of benzene rings is 1. The Labute approximate surface area is 115 Å². The number of nitriles is 1. The number of nitrogen functional groups attached to an aromatic ring is 1. The zero-order chi connectivity index (χ0) is 13.8. The minimum absolute atomic E-state index is 0.171. The van der Waals surface area contributed by atoms with Crippen molar-refractivity contribution in [3.05, 3.63) is 52.9 Å². The summed E-state index contributed by atoms with van der Waals surface area (Å²) >= 11 is 1.37. The van der Waals surface area contributed by atoms with Gasteiger partial charge in [-0.1, -0.05) is 30.0 Å². The van der Waals surface area contributed by atoms with Gasteiger partial charge in [-0.15, -0.1) is 0 Å². The van der Waals surface area contributed by atoms with Crippen LogP contribution in [0.4, 0.5) is 11.5 Å². The molecule has 0 aliphatic heterocycles. The molecule has 0 saturated heterocycles. The second kappa shape index (κ2) is 5.43. The number of nitrogens with two attached hydrogens (primary N) is 1. The molecule has 92 valence electrons. The van der Waals surface area contributed by atoms with E-state index in [-0.39, 0.29) is 11.5 Å². The third-order valence-electron chi connectivity index (χ3n) is 2.59. The van der Waals surface area contributed by atoms with Crippen LogP contribution >= 0.6 is 11.8 Å². The first-order chi connectivity index (χ1) is 9.17. The lowest BCUT2D eigenvalue weighted by Gasteiger charge is -2.09. The number of pyridine rings is 1. The van der Waals surface area contributed by atoms with Crippen LogP contribution in [0.15, 0.2) is 40.3 Å². The molecule has 0 aliphatic rings. The van der Waals surface area contributed by atoms with E-state index >= 15 is 0 Å². The first-order valence-electron chi connectivity index (χ1n) is 5.48. The highest BCUT2D eigenvalue weighted by atomic mass is 32.2. The standard InChI is InChI=1S/C14H10N4S/c1-9-11(8-15)14(18-13(16)12(9)17-2)19-10-6-4-3-5-7-10/h3-7H,1H3,(H2,16,18). The average Bonchev–Trinajstić information content (AvgIpc) is 2.40. The summed E-state index contributed by atoms with van der Waals surface area (Å²) < 4.78 is 0. The van der Waals surface area contributed by atoms with Gasteiger partial charge < -0.3 is 5.73 Å². The normalized spacial score (nSPS) is 9.63. The van der Waals surface area contributed by atoms with E-state index in [1.807, 2.05) is 30.3 Å². The summed E-state index contributed by atoms with van der Waals surface area (Å²) in [6, 6.07) is 11.7. The molecular formula is C14H10N4S. The fourth-order valence-corrected chi connectivity index (χ4v) is 2.60. The first kappa shape index (κ1) is 12.9. The fourth-order valence-electron chi connectivity index (χ4n) is 1.64. The molecule has 0 amide bonds. The molecule has 5 heteroatoms. The monoisotopic (exact) mass is 266 g/mol. The third kappa shape index (κ3) is 2.52. The molecule has 0 fully saturated rings. The predicted octanol–water partition coefficient (Wildman–Crippen LogP) is 3.55. The van der Waals surface area contributed by atoms with Crippen molar-refractivity contribution in [3.63, 3.8) is 0 Å². The quantitative estimate of drug-likeness (QED) is 0.844. The van der Waals surface area contributed by atoms with Gasteiger partial charge in [-0.25, -0.2) is 9.83 Å². The van der Waals surface area contributed by atoms with E-state index in [0.717, 1.165) is 4.90 Å². The van der Waals surface area contributed by atoms with E-state index < -0.39 is 0 Å². The van der Waals surface area contributed by atoms with E-state index in [1.165, 1.54) is 11.8 Å². The number of hydrogen-bond acceptors (Lipinski definition) is 4. The van der Waals surface area contributed by atoms with E-state index in [1.54, 1.807) is 6.92 Å². The van der Waals surface area contributed by atoms with Crippen molar-refractivity contribution in [2.75, 3.05) is 5.73 Å². The number of rotatable bonds is 2. The Kier molecular flexibility index (Phi) is 3.70. The summed E-state index contributed by atoms with van der Waals surface area (Å²) in [6.07, 6.45) is 0. The van der Waals surface area contributed by atoms with Crippen LogP contribution in [0, 0.1) is 24.8 Å². The molecule has 1 heterocycles. The van der Waals surface area contributed by atoms with E-state index in [0.29, 0.717) is 16.2 Å². The van der Waals surface area contributed by atoms with Crippen molar-refractivity contribution in [1.29, 1.82) is 5.26 Å². The third-order valence-corrected chi connectivity index (χ3v) is 3.59. The zero-order valence-corrected chi connectivity index (χ0v) is 11.0. The van der Waals surface area contributed by atoms with Gasteiger partial charge in [-0.3, -0.25) is 0 Å². The average molecular weight is 266 g/mol. The number of nitrogens with zero attached hydrogens (tertiary/aromatic N) is 3. The minimum Gasteiger partial charge on any atom is -0.392 e. The Bertz CT molecular complexity index is 696. The van der Waals surface area contributed by atoms with E-state index in [2.05, 4.69) is 15.9 Å². The second-order valence-corrected chi connectivity index (χ2v) is 4.85. The first-order valence-corrected chi connectivity index (χ1v) is 6.29. The van der Waals surface area contributed by atoms with Gasteiger partial charge in [0.2, 0.25) is 5.69 Å². The molecule has 0 unspecified atom stereocenters. The zero-order valence-electron chi connectivity index (χ0n) is 10.2. The lowest BCUT2D eigenvalue weighted by Crippen LogP contribution is -1.98. The van der Waals surface area contributed by atoms with Gasteiger partial charge in [-0.05, 0) is 24.6 Å². The van der Waals surface area contributed by atoms with Crippen molar-refractivity contribution >= 4 is 23.3 Å². The Balaban J connectivity index is 2.54. The van der Waals surface area contributed by atoms with E-state index in [4.69, 9.17) is 12.3 Å². The predicted molar refractivity (Wildman–Crippen MR) is 74.9 cm³/mol. The molecule has 0 spiro atoms. The maximum absolute atomic E-state index is 9.24. The van der Waals surface area contributed by atoms with Crippen LogP contribution in [0.5, 0.6) is 0 Å². The van der Waals surface area contributed by atoms with Gasteiger partial charge in [0.15, 0.2) is 0 Å². The number of hydrogen-bond donors (Lipinski definition) is 1. The maximum atomic E-state index is 9.24. The lowest BCUT2D eigenvalue weighted by molar-refractivity contribution is 1.10. The molecule has 0 saturated carbocycles. The SMILES string of the molecule is [C-]#[N+]c1c(N)nc(Sc2ccccc2)c(C#N)c1C. The molecule has 4 nitrogen and oxygen atoms in total. The molecule has 0 bridgehead atoms. The minimum atomic E-state index is 0.171. The molecule has 0 radical (unpaired) electrons. The molecular weight excluding hydrogens is 256 g/mol. The molecule has 1 aromatic carbocycles. The van der Waals surface area contributed by atoms with E-state index in [9.17, 15) is 5.26 Å². The van der Waals surface area contributed by atoms with Crippen LogP contribution in [0.3, 0.4) is 0 Å². The highest BCUT2D eigenvalue weighted by Gasteiger charge is 2.16. The van der Waals surface area contributed by atoms with Gasteiger partial charge in [0, 0.05) is 4.90 Å². The highest BCUT2D eigenvalue weighted by molar-refractivity contribution is 7.99. The molecule has 2 N–H and O–H groups in total. The summed E-state index contributed by atoms with van der Waals surface area (Å²) in [5, 5.41) is 9.78. The lowest BCUT2D eigenvalue weighted by atomic mass is 10.1. The van der Waals surface area contributed by atoms with Gasteiger partial charge in [0.1, 0.15) is 16.9 Å². The van der Waals surface area contributed by atoms with Crippen molar-refractivity contribution in [2.24, 2.45) is 0 Å². The number of anilines is 1. The second-order valence-electron chi connectivity index (χ2n) is 3.79. The highest BCUT2D eigenvalue weighted by Crippen LogP contribution is 2.36. The van der Waals surface area contributed by atoms with Crippen molar-refractivity contribution in [3.8, 4) is 6.07 Å². The fraction of sp³-hybridized carbons (Fsp3) is 0.0714. The van der Waals surface area contributed by atoms with Crippen molar-refractivity contribution < 1.29 is 0 Å². The van der Waals surface area contributed by atoms with Crippen LogP contribution in [-0.2, 0) is 0 Å². The summed E-state index contributed by atoms with van der Waals surface area (Å²) in [7, 11) is 0. The van der Waals surface area contributed by atoms with Gasteiger partial charge in [0.05, 0.1) is 12.1 Å². The Morgan fingerprint density at radius 1 is 1.37 bits per heavy atom. The summed E-state index contributed by atoms with van der Waals surface area (Å²) in [5.41, 5.74) is 7.02. The molecule has 0 atom stereocenters. The molecule has 1 aromatic heterocycles. The van der Waals surface area contributed by atoms with Crippen LogP contribution in [0.2, 0.25) is 0 Å². The van der Waals surface area contributed by atoms with Crippen LogP contribution < -0.4 is 5.73 Å². The van der Waals surface area contributed by atoms with Gasteiger partial charge in [-0.2, -0.15) is 5.26 Å². The van der Waals surface area contributed by atoms with Crippen LogP contribution in [0.25, 0.3) is 4.85 Å². The largest absolute Gasteiger partial charge is 0.392 e. The van der Waals surface area contributed by atoms with Gasteiger partial charge >= 0.3 is 0 Å². The van der Waals surface area contributed by atoms with Crippen LogP contribution in [0.1, 0.15) is 11.1 Å². The number of aromatic nitrogens is 1. The smallest absolute Gasteiger partial charge is 0.232 e.